The summed E-state index contributed by atoms with van der Waals surface area (Å²) in [4.78, 5) is 0. The first-order valence-electron chi connectivity index (χ1n) is 5.66. The fourth-order valence-corrected chi connectivity index (χ4v) is 2.50. The summed E-state index contributed by atoms with van der Waals surface area (Å²) in [5, 5.41) is 3.53. The van der Waals surface area contributed by atoms with Gasteiger partial charge in [0, 0.05) is 23.7 Å². The van der Waals surface area contributed by atoms with Crippen LogP contribution in [0.3, 0.4) is 0 Å². The zero-order chi connectivity index (χ0) is 11.7. The molecule has 1 aliphatic rings. The quantitative estimate of drug-likeness (QED) is 0.831. The van der Waals surface area contributed by atoms with E-state index in [9.17, 15) is 0 Å². The maximum atomic E-state index is 5.44. The highest BCUT2D eigenvalue weighted by Crippen LogP contribution is 2.36. The first kappa shape index (κ1) is 11.3. The highest BCUT2D eigenvalue weighted by atomic mass is 16.5. The summed E-state index contributed by atoms with van der Waals surface area (Å²) in [5.74, 6) is 1.79. The van der Waals surface area contributed by atoms with Crippen molar-refractivity contribution in [1.82, 2.24) is 5.32 Å². The lowest BCUT2D eigenvalue weighted by Crippen LogP contribution is -2.36. The van der Waals surface area contributed by atoms with E-state index in [0.29, 0.717) is 12.1 Å². The van der Waals surface area contributed by atoms with E-state index in [2.05, 4.69) is 25.2 Å². The zero-order valence-corrected chi connectivity index (χ0v) is 10.3. The van der Waals surface area contributed by atoms with Crippen molar-refractivity contribution in [2.45, 2.75) is 32.4 Å². The molecular formula is C13H19NO2. The van der Waals surface area contributed by atoms with Crippen molar-refractivity contribution in [2.24, 2.45) is 0 Å². The van der Waals surface area contributed by atoms with Crippen molar-refractivity contribution in [2.75, 3.05) is 14.2 Å². The molecule has 1 heterocycles. The highest BCUT2D eigenvalue weighted by molar-refractivity contribution is 5.49. The average Bonchev–Trinajstić information content (AvgIpc) is 2.26. The molecule has 0 aliphatic carbocycles. The molecule has 1 N–H and O–H groups in total. The summed E-state index contributed by atoms with van der Waals surface area (Å²) in [7, 11) is 3.40. The molecule has 16 heavy (non-hydrogen) atoms. The smallest absolute Gasteiger partial charge is 0.127 e. The van der Waals surface area contributed by atoms with Crippen LogP contribution in [-0.4, -0.2) is 20.3 Å². The van der Waals surface area contributed by atoms with Gasteiger partial charge in [0.25, 0.3) is 0 Å². The SMILES string of the molecule is COc1cc2c(c(OC)c1)C(C)NC(C)C2. The van der Waals surface area contributed by atoms with Crippen molar-refractivity contribution in [1.29, 1.82) is 0 Å². The molecule has 0 spiro atoms. The number of nitrogens with one attached hydrogen (secondary N) is 1. The molecule has 0 saturated heterocycles. The number of benzene rings is 1. The number of rotatable bonds is 2. The Morgan fingerprint density at radius 3 is 2.56 bits per heavy atom. The summed E-state index contributed by atoms with van der Waals surface area (Å²) in [6.45, 7) is 4.37. The average molecular weight is 221 g/mol. The number of hydrogen-bond donors (Lipinski definition) is 1. The van der Waals surface area contributed by atoms with Crippen LogP contribution in [0.1, 0.15) is 31.0 Å². The minimum atomic E-state index is 0.333. The van der Waals surface area contributed by atoms with E-state index in [1.165, 1.54) is 11.1 Å². The molecule has 0 saturated carbocycles. The van der Waals surface area contributed by atoms with Crippen LogP contribution in [0.4, 0.5) is 0 Å². The Kier molecular flexibility index (Phi) is 3.06. The Bertz CT molecular complexity index is 390. The van der Waals surface area contributed by atoms with Gasteiger partial charge < -0.3 is 14.8 Å². The maximum Gasteiger partial charge on any atom is 0.127 e. The third-order valence-corrected chi connectivity index (χ3v) is 3.15. The van der Waals surface area contributed by atoms with E-state index in [1.807, 2.05) is 6.07 Å². The second-order valence-corrected chi connectivity index (χ2v) is 4.40. The van der Waals surface area contributed by atoms with E-state index >= 15 is 0 Å². The second kappa shape index (κ2) is 4.34. The van der Waals surface area contributed by atoms with E-state index in [0.717, 1.165) is 17.9 Å². The van der Waals surface area contributed by atoms with E-state index < -0.39 is 0 Å². The molecular weight excluding hydrogens is 202 g/mol. The van der Waals surface area contributed by atoms with Gasteiger partial charge in [0.15, 0.2) is 0 Å². The van der Waals surface area contributed by atoms with Crippen LogP contribution in [0.25, 0.3) is 0 Å². The molecule has 0 aromatic heterocycles. The van der Waals surface area contributed by atoms with Gasteiger partial charge in [-0.1, -0.05) is 0 Å². The molecule has 2 atom stereocenters. The van der Waals surface area contributed by atoms with Crippen LogP contribution in [0.15, 0.2) is 12.1 Å². The van der Waals surface area contributed by atoms with Gasteiger partial charge in [0.05, 0.1) is 14.2 Å². The Labute approximate surface area is 96.8 Å². The van der Waals surface area contributed by atoms with E-state index in [4.69, 9.17) is 9.47 Å². The second-order valence-electron chi connectivity index (χ2n) is 4.40. The summed E-state index contributed by atoms with van der Waals surface area (Å²) in [6.07, 6.45) is 1.02. The Morgan fingerprint density at radius 1 is 1.19 bits per heavy atom. The van der Waals surface area contributed by atoms with Crippen LogP contribution in [-0.2, 0) is 6.42 Å². The summed E-state index contributed by atoms with van der Waals surface area (Å²) in [6, 6.07) is 4.90. The van der Waals surface area contributed by atoms with Crippen molar-refractivity contribution in [3.8, 4) is 11.5 Å². The molecule has 1 aromatic carbocycles. The number of ether oxygens (including phenoxy) is 2. The minimum Gasteiger partial charge on any atom is -0.497 e. The van der Waals surface area contributed by atoms with Crippen LogP contribution in [0.2, 0.25) is 0 Å². The van der Waals surface area contributed by atoms with E-state index in [-0.39, 0.29) is 0 Å². The van der Waals surface area contributed by atoms with Crippen LogP contribution < -0.4 is 14.8 Å². The standard InChI is InChI=1S/C13H19NO2/c1-8-5-10-6-11(15-3)7-12(16-4)13(10)9(2)14-8/h6-9,14H,5H2,1-4H3. The Balaban J connectivity index is 2.51. The van der Waals surface area contributed by atoms with Gasteiger partial charge >= 0.3 is 0 Å². The van der Waals surface area contributed by atoms with Crippen molar-refractivity contribution >= 4 is 0 Å². The molecule has 2 unspecified atom stereocenters. The lowest BCUT2D eigenvalue weighted by Gasteiger charge is -2.30. The zero-order valence-electron chi connectivity index (χ0n) is 10.3. The largest absolute Gasteiger partial charge is 0.497 e. The highest BCUT2D eigenvalue weighted by Gasteiger charge is 2.24. The third-order valence-electron chi connectivity index (χ3n) is 3.15. The first-order valence-corrected chi connectivity index (χ1v) is 5.66. The Hall–Kier alpha value is -1.22. The summed E-state index contributed by atoms with van der Waals surface area (Å²) >= 11 is 0. The molecule has 0 fully saturated rings. The normalized spacial score (nSPS) is 23.8. The molecule has 1 aromatic rings. The molecule has 1 aliphatic heterocycles. The van der Waals surface area contributed by atoms with Crippen molar-refractivity contribution in [3.63, 3.8) is 0 Å². The lowest BCUT2D eigenvalue weighted by molar-refractivity contribution is 0.370. The minimum absolute atomic E-state index is 0.333. The lowest BCUT2D eigenvalue weighted by atomic mass is 9.90. The number of hydrogen-bond acceptors (Lipinski definition) is 3. The van der Waals surface area contributed by atoms with Gasteiger partial charge in [0.2, 0.25) is 0 Å². The third kappa shape index (κ3) is 1.87. The van der Waals surface area contributed by atoms with E-state index in [1.54, 1.807) is 14.2 Å². The molecule has 0 bridgehead atoms. The van der Waals surface area contributed by atoms with Crippen molar-refractivity contribution < 1.29 is 9.47 Å². The predicted octanol–water partition coefficient (Wildman–Crippen LogP) is 2.30. The van der Waals surface area contributed by atoms with Crippen LogP contribution in [0, 0.1) is 0 Å². The Morgan fingerprint density at radius 2 is 1.94 bits per heavy atom. The molecule has 0 amide bonds. The molecule has 2 rings (SSSR count). The maximum absolute atomic E-state index is 5.44. The van der Waals surface area contributed by atoms with Gasteiger partial charge in [-0.2, -0.15) is 0 Å². The van der Waals surface area contributed by atoms with Gasteiger partial charge in [-0.3, -0.25) is 0 Å². The molecule has 0 radical (unpaired) electrons. The van der Waals surface area contributed by atoms with Crippen molar-refractivity contribution in [3.05, 3.63) is 23.3 Å². The van der Waals surface area contributed by atoms with Gasteiger partial charge in [-0.25, -0.2) is 0 Å². The van der Waals surface area contributed by atoms with Gasteiger partial charge in [0.1, 0.15) is 11.5 Å². The molecule has 3 nitrogen and oxygen atoms in total. The van der Waals surface area contributed by atoms with Crippen LogP contribution in [0.5, 0.6) is 11.5 Å². The summed E-state index contributed by atoms with van der Waals surface area (Å²) in [5.41, 5.74) is 2.59. The molecule has 88 valence electrons. The fourth-order valence-electron chi connectivity index (χ4n) is 2.50. The van der Waals surface area contributed by atoms with Crippen LogP contribution >= 0.6 is 0 Å². The van der Waals surface area contributed by atoms with Gasteiger partial charge in [-0.15, -0.1) is 0 Å². The molecule has 3 heteroatoms. The number of methoxy groups -OCH3 is 2. The summed E-state index contributed by atoms with van der Waals surface area (Å²) < 4.78 is 10.7. The fraction of sp³-hybridized carbons (Fsp3) is 0.538. The monoisotopic (exact) mass is 221 g/mol. The predicted molar refractivity (Wildman–Crippen MR) is 64.3 cm³/mol. The topological polar surface area (TPSA) is 30.5 Å². The first-order chi connectivity index (χ1) is 7.65. The van der Waals surface area contributed by atoms with Gasteiger partial charge in [-0.05, 0) is 31.9 Å². The number of fused-ring (bicyclic) bond motifs is 1.